The number of carbonyl (C=O) groups excluding carboxylic acids is 3. The first kappa shape index (κ1) is 20.8. The number of furan rings is 1. The molecule has 1 aliphatic heterocycles. The molecule has 1 saturated heterocycles. The summed E-state index contributed by atoms with van der Waals surface area (Å²) in [5, 5.41) is 2.63. The number of amides is 2. The number of methoxy groups -OCH3 is 1. The van der Waals surface area contributed by atoms with E-state index in [0.29, 0.717) is 26.2 Å². The fraction of sp³-hybridized carbons (Fsp3) is 0.611. The molecule has 2 amide bonds. The SMILES string of the molecule is COC(=O)C(CN1CCN(C(=O)OC(C)(C)C)CC1)NC(=O)c1ccco1. The van der Waals surface area contributed by atoms with Crippen molar-refractivity contribution in [2.45, 2.75) is 32.4 Å². The van der Waals surface area contributed by atoms with Crippen LogP contribution in [0.25, 0.3) is 0 Å². The van der Waals surface area contributed by atoms with Gasteiger partial charge in [0.2, 0.25) is 0 Å². The van der Waals surface area contributed by atoms with Gasteiger partial charge < -0.3 is 24.1 Å². The Balaban J connectivity index is 1.88. The van der Waals surface area contributed by atoms with Gasteiger partial charge in [0.05, 0.1) is 13.4 Å². The van der Waals surface area contributed by atoms with E-state index >= 15 is 0 Å². The van der Waals surface area contributed by atoms with Gasteiger partial charge in [0.1, 0.15) is 11.6 Å². The number of nitrogens with one attached hydrogen (secondary N) is 1. The quantitative estimate of drug-likeness (QED) is 0.762. The first-order chi connectivity index (χ1) is 12.7. The third kappa shape index (κ3) is 6.28. The van der Waals surface area contributed by atoms with Crippen molar-refractivity contribution in [3.8, 4) is 0 Å². The lowest BCUT2D eigenvalue weighted by Crippen LogP contribution is -2.55. The zero-order chi connectivity index (χ0) is 20.0. The van der Waals surface area contributed by atoms with Crippen molar-refractivity contribution in [3.05, 3.63) is 24.2 Å². The van der Waals surface area contributed by atoms with Gasteiger partial charge in [0, 0.05) is 32.7 Å². The average Bonchev–Trinajstić information content (AvgIpc) is 3.14. The second kappa shape index (κ2) is 8.90. The summed E-state index contributed by atoms with van der Waals surface area (Å²) in [7, 11) is 1.27. The minimum absolute atomic E-state index is 0.124. The Morgan fingerprint density at radius 2 is 1.89 bits per heavy atom. The number of hydrogen-bond donors (Lipinski definition) is 1. The molecule has 0 spiro atoms. The normalized spacial score (nSPS) is 16.5. The van der Waals surface area contributed by atoms with E-state index in [2.05, 4.69) is 5.32 Å². The number of rotatable bonds is 5. The van der Waals surface area contributed by atoms with Gasteiger partial charge in [-0.3, -0.25) is 9.69 Å². The lowest BCUT2D eigenvalue weighted by atomic mass is 10.2. The summed E-state index contributed by atoms with van der Waals surface area (Å²) in [6.45, 7) is 7.83. The Bertz CT molecular complexity index is 645. The van der Waals surface area contributed by atoms with Crippen LogP contribution < -0.4 is 5.32 Å². The predicted molar refractivity (Wildman–Crippen MR) is 96.2 cm³/mol. The topological polar surface area (TPSA) is 101 Å². The largest absolute Gasteiger partial charge is 0.467 e. The lowest BCUT2D eigenvalue weighted by molar-refractivity contribution is -0.143. The van der Waals surface area contributed by atoms with E-state index in [4.69, 9.17) is 13.9 Å². The third-order valence-corrected chi connectivity index (χ3v) is 4.00. The zero-order valence-electron chi connectivity index (χ0n) is 16.2. The molecular formula is C18H27N3O6. The molecule has 2 heterocycles. The highest BCUT2D eigenvalue weighted by molar-refractivity contribution is 5.94. The molecule has 1 aliphatic rings. The molecule has 0 bridgehead atoms. The van der Waals surface area contributed by atoms with Gasteiger partial charge in [-0.15, -0.1) is 0 Å². The molecule has 1 unspecified atom stereocenters. The van der Waals surface area contributed by atoms with Crippen LogP contribution in [-0.2, 0) is 14.3 Å². The van der Waals surface area contributed by atoms with Crippen LogP contribution in [0, 0.1) is 0 Å². The summed E-state index contributed by atoms with van der Waals surface area (Å²) in [6.07, 6.45) is 1.04. The number of hydrogen-bond acceptors (Lipinski definition) is 7. The van der Waals surface area contributed by atoms with E-state index < -0.39 is 23.5 Å². The zero-order valence-corrected chi connectivity index (χ0v) is 16.2. The van der Waals surface area contributed by atoms with Crippen molar-refractivity contribution in [3.63, 3.8) is 0 Å². The summed E-state index contributed by atoms with van der Waals surface area (Å²) in [5.74, 6) is -0.897. The van der Waals surface area contributed by atoms with Gasteiger partial charge >= 0.3 is 12.1 Å². The lowest BCUT2D eigenvalue weighted by Gasteiger charge is -2.36. The van der Waals surface area contributed by atoms with Gasteiger partial charge in [0.25, 0.3) is 5.91 Å². The predicted octanol–water partition coefficient (Wildman–Crippen LogP) is 1.10. The van der Waals surface area contributed by atoms with Crippen molar-refractivity contribution < 1.29 is 28.3 Å². The molecule has 1 N–H and O–H groups in total. The number of esters is 1. The van der Waals surface area contributed by atoms with Crippen LogP contribution in [-0.4, -0.2) is 79.2 Å². The number of carbonyl (C=O) groups is 3. The third-order valence-electron chi connectivity index (χ3n) is 4.00. The molecule has 0 radical (unpaired) electrons. The van der Waals surface area contributed by atoms with Gasteiger partial charge in [-0.05, 0) is 32.9 Å². The van der Waals surface area contributed by atoms with Crippen molar-refractivity contribution in [1.29, 1.82) is 0 Å². The second-order valence-electron chi connectivity index (χ2n) is 7.29. The summed E-state index contributed by atoms with van der Waals surface area (Å²) in [6, 6.07) is 2.28. The molecule has 1 aromatic rings. The van der Waals surface area contributed by atoms with Crippen molar-refractivity contribution >= 4 is 18.0 Å². The molecule has 1 fully saturated rings. The van der Waals surface area contributed by atoms with Gasteiger partial charge in [0.15, 0.2) is 5.76 Å². The van der Waals surface area contributed by atoms with Crippen molar-refractivity contribution in [1.82, 2.24) is 15.1 Å². The average molecular weight is 381 g/mol. The molecule has 0 aliphatic carbocycles. The smallest absolute Gasteiger partial charge is 0.410 e. The second-order valence-corrected chi connectivity index (χ2v) is 7.29. The van der Waals surface area contributed by atoms with Gasteiger partial charge in [-0.1, -0.05) is 0 Å². The highest BCUT2D eigenvalue weighted by Gasteiger charge is 2.30. The molecular weight excluding hydrogens is 354 g/mol. The summed E-state index contributed by atoms with van der Waals surface area (Å²) < 4.78 is 15.2. The van der Waals surface area contributed by atoms with Crippen LogP contribution in [0.15, 0.2) is 22.8 Å². The van der Waals surface area contributed by atoms with Gasteiger partial charge in [-0.2, -0.15) is 0 Å². The molecule has 1 atom stereocenters. The van der Waals surface area contributed by atoms with E-state index in [-0.39, 0.29) is 18.4 Å². The van der Waals surface area contributed by atoms with Crippen molar-refractivity contribution in [2.24, 2.45) is 0 Å². The maximum atomic E-state index is 12.2. The van der Waals surface area contributed by atoms with E-state index in [0.717, 1.165) is 0 Å². The Morgan fingerprint density at radius 1 is 1.22 bits per heavy atom. The molecule has 1 aromatic heterocycles. The molecule has 2 rings (SSSR count). The van der Waals surface area contributed by atoms with Crippen LogP contribution in [0.2, 0.25) is 0 Å². The fourth-order valence-electron chi connectivity index (χ4n) is 2.66. The maximum Gasteiger partial charge on any atom is 0.410 e. The molecule has 150 valence electrons. The highest BCUT2D eigenvalue weighted by atomic mass is 16.6. The molecule has 9 nitrogen and oxygen atoms in total. The molecule has 27 heavy (non-hydrogen) atoms. The Hall–Kier alpha value is -2.55. The van der Waals surface area contributed by atoms with E-state index in [1.165, 1.54) is 19.4 Å². The van der Waals surface area contributed by atoms with Crippen LogP contribution in [0.1, 0.15) is 31.3 Å². The summed E-state index contributed by atoms with van der Waals surface area (Å²) in [4.78, 5) is 39.9. The summed E-state index contributed by atoms with van der Waals surface area (Å²) >= 11 is 0. The molecule has 0 aromatic carbocycles. The number of nitrogens with zero attached hydrogens (tertiary/aromatic N) is 2. The fourth-order valence-corrected chi connectivity index (χ4v) is 2.66. The number of ether oxygens (including phenoxy) is 2. The van der Waals surface area contributed by atoms with Crippen LogP contribution in [0.5, 0.6) is 0 Å². The highest BCUT2D eigenvalue weighted by Crippen LogP contribution is 2.12. The monoisotopic (exact) mass is 381 g/mol. The first-order valence-corrected chi connectivity index (χ1v) is 8.82. The standard InChI is InChI=1S/C18H27N3O6/c1-18(2,3)27-17(24)21-9-7-20(8-10-21)12-13(16(23)25-4)19-15(22)14-6-5-11-26-14/h5-6,11,13H,7-10,12H2,1-4H3,(H,19,22). The number of piperazine rings is 1. The summed E-state index contributed by atoms with van der Waals surface area (Å²) in [5.41, 5.74) is -0.541. The van der Waals surface area contributed by atoms with Crippen LogP contribution in [0.4, 0.5) is 4.79 Å². The van der Waals surface area contributed by atoms with Gasteiger partial charge in [-0.25, -0.2) is 9.59 Å². The van der Waals surface area contributed by atoms with E-state index in [9.17, 15) is 14.4 Å². The Morgan fingerprint density at radius 3 is 2.41 bits per heavy atom. The van der Waals surface area contributed by atoms with E-state index in [1.807, 2.05) is 25.7 Å². The minimum atomic E-state index is -0.833. The van der Waals surface area contributed by atoms with E-state index in [1.54, 1.807) is 11.0 Å². The molecule has 9 heteroatoms. The van der Waals surface area contributed by atoms with Crippen LogP contribution >= 0.6 is 0 Å². The maximum absolute atomic E-state index is 12.2. The van der Waals surface area contributed by atoms with Crippen LogP contribution in [0.3, 0.4) is 0 Å². The first-order valence-electron chi connectivity index (χ1n) is 8.82. The molecule has 0 saturated carbocycles. The Labute approximate surface area is 158 Å². The minimum Gasteiger partial charge on any atom is -0.467 e. The Kier molecular flexibility index (Phi) is 6.84. The van der Waals surface area contributed by atoms with Crippen molar-refractivity contribution in [2.75, 3.05) is 39.8 Å².